The van der Waals surface area contributed by atoms with E-state index in [0.717, 1.165) is 10.5 Å². The molecule has 0 aliphatic heterocycles. The van der Waals surface area contributed by atoms with E-state index in [9.17, 15) is 9.59 Å². The lowest BCUT2D eigenvalue weighted by Crippen LogP contribution is -2.25. The Hall–Kier alpha value is -2.63. The highest BCUT2D eigenvalue weighted by Gasteiger charge is 2.11. The second-order valence-corrected chi connectivity index (χ2v) is 3.79. The van der Waals surface area contributed by atoms with Gasteiger partial charge in [0.2, 0.25) is 0 Å². The normalized spacial score (nSPS) is 10.1. The number of rotatable bonds is 6. The van der Waals surface area contributed by atoms with Gasteiger partial charge in [-0.05, 0) is 12.3 Å². The first kappa shape index (κ1) is 15.4. The molecule has 0 aliphatic carbocycles. The van der Waals surface area contributed by atoms with Crippen LogP contribution in [0.5, 0.6) is 0 Å². The van der Waals surface area contributed by atoms with Crippen LogP contribution in [0.3, 0.4) is 0 Å². The van der Waals surface area contributed by atoms with Crippen molar-refractivity contribution in [1.29, 1.82) is 0 Å². The Morgan fingerprint density at radius 2 is 2.00 bits per heavy atom. The van der Waals surface area contributed by atoms with Crippen LogP contribution in [0.25, 0.3) is 0 Å². The molecule has 0 aromatic heterocycles. The van der Waals surface area contributed by atoms with Crippen molar-refractivity contribution < 1.29 is 19.1 Å². The van der Waals surface area contributed by atoms with Crippen molar-refractivity contribution in [3.63, 3.8) is 0 Å². The quantitative estimate of drug-likeness (QED) is 0.588. The van der Waals surface area contributed by atoms with Crippen LogP contribution in [0.1, 0.15) is 5.56 Å². The maximum Gasteiger partial charge on any atom is 0.414 e. The number of ether oxygens (including phenoxy) is 2. The fourth-order valence-electron chi connectivity index (χ4n) is 1.21. The van der Waals surface area contributed by atoms with Gasteiger partial charge < -0.3 is 9.47 Å². The zero-order chi connectivity index (χ0) is 14.8. The zero-order valence-corrected chi connectivity index (χ0v) is 11.2. The first-order chi connectivity index (χ1) is 9.63. The van der Waals surface area contributed by atoms with E-state index in [1.165, 1.54) is 19.4 Å². The van der Waals surface area contributed by atoms with E-state index in [4.69, 9.17) is 9.47 Å². The minimum absolute atomic E-state index is 0.146. The second kappa shape index (κ2) is 8.47. The summed E-state index contributed by atoms with van der Waals surface area (Å²) in [5.41, 5.74) is 0.865. The van der Waals surface area contributed by atoms with E-state index in [1.807, 2.05) is 30.3 Å². The first-order valence-corrected chi connectivity index (χ1v) is 5.85. The summed E-state index contributed by atoms with van der Waals surface area (Å²) in [7, 11) is 1.47. The molecule has 0 saturated heterocycles. The summed E-state index contributed by atoms with van der Waals surface area (Å²) in [6.07, 6.45) is 2.01. The highest BCUT2D eigenvalue weighted by atomic mass is 16.6. The monoisotopic (exact) mass is 276 g/mol. The molecule has 1 aromatic rings. The number of benzene rings is 1. The Labute approximate surface area is 117 Å². The van der Waals surface area contributed by atoms with Gasteiger partial charge in [-0.1, -0.05) is 30.3 Å². The highest BCUT2D eigenvalue weighted by molar-refractivity contribution is 5.75. The topological polar surface area (TPSA) is 68.2 Å². The Morgan fingerprint density at radius 1 is 1.30 bits per heavy atom. The van der Waals surface area contributed by atoms with Gasteiger partial charge in [-0.15, -0.1) is 0 Å². The summed E-state index contributed by atoms with van der Waals surface area (Å²) in [4.78, 5) is 27.4. The van der Waals surface area contributed by atoms with Crippen molar-refractivity contribution in [2.45, 2.75) is 6.61 Å². The molecule has 0 N–H and O–H groups in total. The molecule has 6 heteroatoms. The number of hydrogen-bond donors (Lipinski definition) is 0. The van der Waals surface area contributed by atoms with Crippen LogP contribution in [0, 0.1) is 0 Å². The van der Waals surface area contributed by atoms with E-state index in [0.29, 0.717) is 0 Å². The molecular weight excluding hydrogens is 260 g/mol. The second-order valence-electron chi connectivity index (χ2n) is 3.79. The van der Waals surface area contributed by atoms with Gasteiger partial charge in [-0.3, -0.25) is 9.89 Å². The van der Waals surface area contributed by atoms with Gasteiger partial charge in [0.25, 0.3) is 0 Å². The standard InChI is InChI=1S/C14H16N2O4/c1-15-8-9-16(2)14(18)20-11-13(17)19-10-12-6-4-3-5-7-12/h3-9H,1,10-11H2,2H3/b9-8-. The van der Waals surface area contributed by atoms with Gasteiger partial charge in [-0.25, -0.2) is 9.59 Å². The summed E-state index contributed by atoms with van der Waals surface area (Å²) in [6, 6.07) is 9.23. The van der Waals surface area contributed by atoms with E-state index < -0.39 is 18.7 Å². The summed E-state index contributed by atoms with van der Waals surface area (Å²) in [5, 5.41) is 0. The molecule has 0 bridgehead atoms. The number of amides is 1. The predicted octanol–water partition coefficient (Wildman–Crippen LogP) is 1.97. The fourth-order valence-corrected chi connectivity index (χ4v) is 1.21. The molecular formula is C14H16N2O4. The lowest BCUT2D eigenvalue weighted by atomic mass is 10.2. The molecule has 0 saturated carbocycles. The lowest BCUT2D eigenvalue weighted by Gasteiger charge is -2.11. The molecule has 0 radical (unpaired) electrons. The molecule has 0 fully saturated rings. The van der Waals surface area contributed by atoms with Crippen molar-refractivity contribution in [2.75, 3.05) is 13.7 Å². The van der Waals surface area contributed by atoms with Crippen molar-refractivity contribution in [2.24, 2.45) is 4.99 Å². The first-order valence-electron chi connectivity index (χ1n) is 5.85. The minimum Gasteiger partial charge on any atom is -0.458 e. The number of nitrogens with zero attached hydrogens (tertiary/aromatic N) is 2. The summed E-state index contributed by atoms with van der Waals surface area (Å²) >= 11 is 0. The molecule has 0 atom stereocenters. The zero-order valence-electron chi connectivity index (χ0n) is 11.2. The third-order valence-corrected chi connectivity index (χ3v) is 2.24. The van der Waals surface area contributed by atoms with Crippen molar-refractivity contribution in [3.05, 3.63) is 48.3 Å². The molecule has 0 heterocycles. The minimum atomic E-state index is -0.679. The van der Waals surface area contributed by atoms with Gasteiger partial charge >= 0.3 is 12.1 Å². The summed E-state index contributed by atoms with van der Waals surface area (Å²) in [5.74, 6) is -0.610. The maximum absolute atomic E-state index is 11.4. The van der Waals surface area contributed by atoms with E-state index in [1.54, 1.807) is 0 Å². The largest absolute Gasteiger partial charge is 0.458 e. The molecule has 20 heavy (non-hydrogen) atoms. The molecule has 0 unspecified atom stereocenters. The Kier molecular flexibility index (Phi) is 6.53. The van der Waals surface area contributed by atoms with Gasteiger partial charge in [0.1, 0.15) is 6.61 Å². The number of carbonyl (C=O) groups is 2. The van der Waals surface area contributed by atoms with Gasteiger partial charge in [-0.2, -0.15) is 0 Å². The van der Waals surface area contributed by atoms with E-state index >= 15 is 0 Å². The van der Waals surface area contributed by atoms with Crippen LogP contribution in [0.2, 0.25) is 0 Å². The third kappa shape index (κ3) is 5.81. The molecule has 1 aromatic carbocycles. The van der Waals surface area contributed by atoms with Crippen molar-refractivity contribution >= 4 is 18.8 Å². The number of carbonyl (C=O) groups excluding carboxylic acids is 2. The average molecular weight is 276 g/mol. The Morgan fingerprint density at radius 3 is 2.65 bits per heavy atom. The van der Waals surface area contributed by atoms with Gasteiger partial charge in [0.15, 0.2) is 6.61 Å². The lowest BCUT2D eigenvalue weighted by molar-refractivity contribution is -0.148. The molecule has 1 amide bonds. The van der Waals surface area contributed by atoms with Crippen LogP contribution in [-0.4, -0.2) is 37.3 Å². The summed E-state index contributed by atoms with van der Waals surface area (Å²) in [6.45, 7) is 2.94. The van der Waals surface area contributed by atoms with Crippen LogP contribution >= 0.6 is 0 Å². The molecule has 0 aliphatic rings. The Bertz CT molecular complexity index is 485. The molecule has 106 valence electrons. The Balaban J connectivity index is 2.27. The number of esters is 1. The number of hydrogen-bond acceptors (Lipinski definition) is 5. The van der Waals surface area contributed by atoms with Crippen LogP contribution < -0.4 is 0 Å². The van der Waals surface area contributed by atoms with Gasteiger partial charge in [0, 0.05) is 19.4 Å². The SMILES string of the molecule is C=N/C=C\N(C)C(=O)OCC(=O)OCc1ccccc1. The van der Waals surface area contributed by atoms with Crippen LogP contribution in [0.15, 0.2) is 47.7 Å². The molecule has 6 nitrogen and oxygen atoms in total. The molecule has 0 spiro atoms. The fraction of sp³-hybridized carbons (Fsp3) is 0.214. The average Bonchev–Trinajstić information content (AvgIpc) is 2.49. The van der Waals surface area contributed by atoms with E-state index in [-0.39, 0.29) is 6.61 Å². The van der Waals surface area contributed by atoms with Crippen LogP contribution in [-0.2, 0) is 20.9 Å². The van der Waals surface area contributed by atoms with Crippen molar-refractivity contribution in [1.82, 2.24) is 4.90 Å². The van der Waals surface area contributed by atoms with Crippen molar-refractivity contribution in [3.8, 4) is 0 Å². The van der Waals surface area contributed by atoms with Gasteiger partial charge in [0.05, 0.1) is 0 Å². The predicted molar refractivity (Wildman–Crippen MR) is 74.0 cm³/mol. The van der Waals surface area contributed by atoms with E-state index in [2.05, 4.69) is 11.7 Å². The highest BCUT2D eigenvalue weighted by Crippen LogP contribution is 2.01. The maximum atomic E-state index is 11.4. The number of aliphatic imine (C=N–C) groups is 1. The summed E-state index contributed by atoms with van der Waals surface area (Å²) < 4.78 is 9.71. The smallest absolute Gasteiger partial charge is 0.414 e. The molecule has 1 rings (SSSR count). The van der Waals surface area contributed by atoms with Crippen LogP contribution in [0.4, 0.5) is 4.79 Å². The third-order valence-electron chi connectivity index (χ3n) is 2.24.